The lowest BCUT2D eigenvalue weighted by Gasteiger charge is -2.03. The Kier molecular flexibility index (Phi) is 2.79. The average molecular weight is 288 g/mol. The molecular weight excluding hydrogens is 276 g/mol. The van der Waals surface area contributed by atoms with Crippen molar-refractivity contribution in [2.75, 3.05) is 6.26 Å². The molecule has 0 spiro atoms. The van der Waals surface area contributed by atoms with Crippen LogP contribution in [0.25, 0.3) is 22.6 Å². The van der Waals surface area contributed by atoms with Crippen LogP contribution in [-0.4, -0.2) is 34.2 Å². The van der Waals surface area contributed by atoms with Crippen LogP contribution in [0.1, 0.15) is 0 Å². The Morgan fingerprint density at radius 2 is 2.00 bits per heavy atom. The summed E-state index contributed by atoms with van der Waals surface area (Å²) in [5.41, 5.74) is 2.08. The molecule has 0 amide bonds. The average Bonchev–Trinajstić information content (AvgIpc) is 2.79. The molecule has 0 aliphatic heterocycles. The third-order valence-electron chi connectivity index (χ3n) is 2.97. The van der Waals surface area contributed by atoms with Crippen LogP contribution in [0.4, 0.5) is 0 Å². The molecule has 0 bridgehead atoms. The first-order valence-electron chi connectivity index (χ1n) is 5.90. The number of imidazole rings is 1. The van der Waals surface area contributed by atoms with Gasteiger partial charge in [0.05, 0.1) is 17.4 Å². The minimum atomic E-state index is -3.25. The number of rotatable bonds is 2. The van der Waals surface area contributed by atoms with E-state index < -0.39 is 9.84 Å². The number of hydrogen-bond acceptors (Lipinski definition) is 5. The van der Waals surface area contributed by atoms with E-state index in [4.69, 9.17) is 0 Å². The second-order valence-corrected chi connectivity index (χ2v) is 6.57. The van der Waals surface area contributed by atoms with Crippen molar-refractivity contribution in [3.63, 3.8) is 0 Å². The third kappa shape index (κ3) is 2.16. The summed E-state index contributed by atoms with van der Waals surface area (Å²) >= 11 is 0. The molecule has 0 fully saturated rings. The SMILES string of the molecule is Cn1cnc2cnc(-c3cccc(S(C)(=O)=O)c3)nc21. The summed E-state index contributed by atoms with van der Waals surface area (Å²) in [6.07, 6.45) is 4.47. The Morgan fingerprint density at radius 1 is 1.20 bits per heavy atom. The van der Waals surface area contributed by atoms with Gasteiger partial charge in [-0.25, -0.2) is 23.4 Å². The Bertz CT molecular complexity index is 900. The number of benzene rings is 1. The topological polar surface area (TPSA) is 77.7 Å². The fourth-order valence-corrected chi connectivity index (χ4v) is 2.59. The van der Waals surface area contributed by atoms with Crippen LogP contribution in [0.2, 0.25) is 0 Å². The van der Waals surface area contributed by atoms with Crippen LogP contribution in [0.5, 0.6) is 0 Å². The zero-order valence-electron chi connectivity index (χ0n) is 11.0. The molecule has 0 unspecified atom stereocenters. The lowest BCUT2D eigenvalue weighted by Crippen LogP contribution is -1.98. The zero-order valence-corrected chi connectivity index (χ0v) is 11.8. The van der Waals surface area contributed by atoms with Gasteiger partial charge in [0.1, 0.15) is 5.52 Å². The highest BCUT2D eigenvalue weighted by Gasteiger charge is 2.11. The molecular formula is C13H12N4O2S. The highest BCUT2D eigenvalue weighted by atomic mass is 32.2. The lowest BCUT2D eigenvalue weighted by atomic mass is 10.2. The summed E-state index contributed by atoms with van der Waals surface area (Å²) in [6, 6.07) is 6.60. The second-order valence-electron chi connectivity index (χ2n) is 4.56. The maximum Gasteiger partial charge on any atom is 0.175 e. The Hall–Kier alpha value is -2.28. The summed E-state index contributed by atoms with van der Waals surface area (Å²) in [5, 5.41) is 0. The van der Waals surface area contributed by atoms with Crippen molar-refractivity contribution in [1.29, 1.82) is 0 Å². The van der Waals surface area contributed by atoms with E-state index >= 15 is 0 Å². The number of hydrogen-bond donors (Lipinski definition) is 0. The number of aryl methyl sites for hydroxylation is 1. The molecule has 20 heavy (non-hydrogen) atoms. The lowest BCUT2D eigenvalue weighted by molar-refractivity contribution is 0.602. The Labute approximate surface area is 116 Å². The number of nitrogens with zero attached hydrogens (tertiary/aromatic N) is 4. The Balaban J connectivity index is 2.18. The maximum absolute atomic E-state index is 11.6. The normalized spacial score (nSPS) is 11.9. The van der Waals surface area contributed by atoms with Crippen molar-refractivity contribution in [2.45, 2.75) is 4.90 Å². The summed E-state index contributed by atoms with van der Waals surface area (Å²) in [7, 11) is -1.40. The fraction of sp³-hybridized carbons (Fsp3) is 0.154. The van der Waals surface area contributed by atoms with Crippen molar-refractivity contribution in [3.05, 3.63) is 36.8 Å². The van der Waals surface area contributed by atoms with Crippen LogP contribution in [0.3, 0.4) is 0 Å². The first kappa shape index (κ1) is 12.7. The third-order valence-corrected chi connectivity index (χ3v) is 4.08. The highest BCUT2D eigenvalue weighted by molar-refractivity contribution is 7.90. The van der Waals surface area contributed by atoms with Gasteiger partial charge < -0.3 is 4.57 Å². The molecule has 3 rings (SSSR count). The predicted octanol–water partition coefficient (Wildman–Crippen LogP) is 1.43. The number of sulfone groups is 1. The van der Waals surface area contributed by atoms with Crippen molar-refractivity contribution in [2.24, 2.45) is 7.05 Å². The van der Waals surface area contributed by atoms with Gasteiger partial charge in [-0.3, -0.25) is 0 Å². The number of aromatic nitrogens is 4. The van der Waals surface area contributed by atoms with Gasteiger partial charge in [0, 0.05) is 18.9 Å². The minimum Gasteiger partial charge on any atom is -0.318 e. The van der Waals surface area contributed by atoms with Crippen LogP contribution >= 0.6 is 0 Å². The summed E-state index contributed by atoms with van der Waals surface area (Å²) < 4.78 is 25.0. The fourth-order valence-electron chi connectivity index (χ4n) is 1.93. The molecule has 0 saturated carbocycles. The largest absolute Gasteiger partial charge is 0.318 e. The molecule has 3 aromatic rings. The quantitative estimate of drug-likeness (QED) is 0.713. The first-order chi connectivity index (χ1) is 9.45. The van der Waals surface area contributed by atoms with E-state index in [1.54, 1.807) is 41.4 Å². The van der Waals surface area contributed by atoms with Gasteiger partial charge in [-0.2, -0.15) is 0 Å². The summed E-state index contributed by atoms with van der Waals surface area (Å²) in [6.45, 7) is 0. The molecule has 0 radical (unpaired) electrons. The van der Waals surface area contributed by atoms with E-state index in [9.17, 15) is 8.42 Å². The van der Waals surface area contributed by atoms with Gasteiger partial charge in [0.2, 0.25) is 0 Å². The molecule has 0 aliphatic carbocycles. The van der Waals surface area contributed by atoms with Crippen molar-refractivity contribution >= 4 is 21.0 Å². The smallest absolute Gasteiger partial charge is 0.175 e. The van der Waals surface area contributed by atoms with Crippen molar-refractivity contribution < 1.29 is 8.42 Å². The Morgan fingerprint density at radius 3 is 2.75 bits per heavy atom. The van der Waals surface area contributed by atoms with E-state index in [0.29, 0.717) is 22.6 Å². The molecule has 1 aromatic carbocycles. The molecule has 6 nitrogen and oxygen atoms in total. The van der Waals surface area contributed by atoms with Crippen LogP contribution in [0.15, 0.2) is 41.7 Å². The first-order valence-corrected chi connectivity index (χ1v) is 7.79. The van der Waals surface area contributed by atoms with Gasteiger partial charge in [0.25, 0.3) is 0 Å². The summed E-state index contributed by atoms with van der Waals surface area (Å²) in [5.74, 6) is 0.478. The molecule has 2 heterocycles. The van der Waals surface area contributed by atoms with Gasteiger partial charge in [-0.1, -0.05) is 12.1 Å². The van der Waals surface area contributed by atoms with Gasteiger partial charge in [0.15, 0.2) is 21.3 Å². The highest BCUT2D eigenvalue weighted by Crippen LogP contribution is 2.20. The molecule has 0 aliphatic rings. The van der Waals surface area contributed by atoms with Crippen molar-refractivity contribution in [3.8, 4) is 11.4 Å². The van der Waals surface area contributed by atoms with Crippen LogP contribution in [0, 0.1) is 0 Å². The van der Waals surface area contributed by atoms with E-state index in [2.05, 4.69) is 15.0 Å². The van der Waals surface area contributed by atoms with Crippen LogP contribution < -0.4 is 0 Å². The monoisotopic (exact) mass is 288 g/mol. The van der Waals surface area contributed by atoms with E-state index in [1.165, 1.54) is 6.26 Å². The van der Waals surface area contributed by atoms with Gasteiger partial charge >= 0.3 is 0 Å². The second kappa shape index (κ2) is 4.38. The minimum absolute atomic E-state index is 0.253. The van der Waals surface area contributed by atoms with E-state index in [1.807, 2.05) is 7.05 Å². The molecule has 0 atom stereocenters. The van der Waals surface area contributed by atoms with Crippen molar-refractivity contribution in [1.82, 2.24) is 19.5 Å². The molecule has 0 N–H and O–H groups in total. The predicted molar refractivity (Wildman–Crippen MR) is 74.8 cm³/mol. The molecule has 7 heteroatoms. The van der Waals surface area contributed by atoms with Gasteiger partial charge in [-0.05, 0) is 12.1 Å². The van der Waals surface area contributed by atoms with E-state index in [0.717, 1.165) is 0 Å². The zero-order chi connectivity index (χ0) is 14.3. The van der Waals surface area contributed by atoms with Crippen LogP contribution in [-0.2, 0) is 16.9 Å². The van der Waals surface area contributed by atoms with Gasteiger partial charge in [-0.15, -0.1) is 0 Å². The maximum atomic E-state index is 11.6. The molecule has 102 valence electrons. The standard InChI is InChI=1S/C13H12N4O2S/c1-17-8-15-11-7-14-12(16-13(11)17)9-4-3-5-10(6-9)20(2,18)19/h3-8H,1-2H3. The van der Waals surface area contributed by atoms with E-state index in [-0.39, 0.29) is 4.90 Å². The number of fused-ring (bicyclic) bond motifs is 1. The summed E-state index contributed by atoms with van der Waals surface area (Å²) in [4.78, 5) is 13.1. The molecule has 2 aromatic heterocycles. The molecule has 0 saturated heterocycles.